The van der Waals surface area contributed by atoms with Gasteiger partial charge in [-0.3, -0.25) is 0 Å². The molecular formula is C42H25NO2. The molecule has 7 aromatic carbocycles. The fourth-order valence-corrected chi connectivity index (χ4v) is 7.09. The lowest BCUT2D eigenvalue weighted by Crippen LogP contribution is -1.93. The lowest BCUT2D eigenvalue weighted by molar-refractivity contribution is 0.663. The van der Waals surface area contributed by atoms with Gasteiger partial charge in [0, 0.05) is 32.6 Å². The molecule has 0 bridgehead atoms. The Labute approximate surface area is 258 Å². The summed E-state index contributed by atoms with van der Waals surface area (Å²) in [7, 11) is 0. The van der Waals surface area contributed by atoms with Gasteiger partial charge in [0.1, 0.15) is 22.3 Å². The van der Waals surface area contributed by atoms with Crippen LogP contribution in [0.15, 0.2) is 160 Å². The SMILES string of the molecule is c1ccc(-c2ccc(-c3ccc4oc5ccc6c7cc(-n8c9ccccc9c9ccccc98)ccc7oc6c5c4c3)cc2)cc1. The quantitative estimate of drug-likeness (QED) is 0.210. The van der Waals surface area contributed by atoms with E-state index in [0.29, 0.717) is 0 Å². The van der Waals surface area contributed by atoms with Crippen molar-refractivity contribution < 1.29 is 8.83 Å². The van der Waals surface area contributed by atoms with Crippen molar-refractivity contribution in [2.45, 2.75) is 0 Å². The summed E-state index contributed by atoms with van der Waals surface area (Å²) < 4.78 is 15.3. The number of nitrogens with zero attached hydrogens (tertiary/aromatic N) is 1. The summed E-state index contributed by atoms with van der Waals surface area (Å²) >= 11 is 0. The molecule has 210 valence electrons. The maximum Gasteiger partial charge on any atom is 0.147 e. The van der Waals surface area contributed by atoms with E-state index in [9.17, 15) is 0 Å². The van der Waals surface area contributed by atoms with Crippen LogP contribution in [-0.4, -0.2) is 4.57 Å². The van der Waals surface area contributed by atoms with Gasteiger partial charge in [-0.2, -0.15) is 0 Å². The predicted molar refractivity (Wildman–Crippen MR) is 186 cm³/mol. The molecule has 0 radical (unpaired) electrons. The number of furan rings is 2. The summed E-state index contributed by atoms with van der Waals surface area (Å²) in [6.07, 6.45) is 0. The van der Waals surface area contributed by atoms with Crippen molar-refractivity contribution in [3.05, 3.63) is 152 Å². The van der Waals surface area contributed by atoms with Gasteiger partial charge in [0.05, 0.1) is 16.4 Å². The highest BCUT2D eigenvalue weighted by molar-refractivity contribution is 6.22. The molecule has 3 aromatic heterocycles. The molecule has 0 spiro atoms. The van der Waals surface area contributed by atoms with E-state index in [4.69, 9.17) is 8.83 Å². The third-order valence-electron chi connectivity index (χ3n) is 9.22. The van der Waals surface area contributed by atoms with Gasteiger partial charge in [-0.15, -0.1) is 0 Å². The minimum Gasteiger partial charge on any atom is -0.456 e. The minimum absolute atomic E-state index is 0.829. The van der Waals surface area contributed by atoms with Gasteiger partial charge < -0.3 is 13.4 Å². The lowest BCUT2D eigenvalue weighted by Gasteiger charge is -2.07. The van der Waals surface area contributed by atoms with E-state index in [0.717, 1.165) is 55.1 Å². The molecule has 0 amide bonds. The first-order chi connectivity index (χ1) is 22.3. The summed E-state index contributed by atoms with van der Waals surface area (Å²) in [5.74, 6) is 0. The molecule has 3 heteroatoms. The first-order valence-electron chi connectivity index (χ1n) is 15.3. The molecule has 0 aliphatic heterocycles. The lowest BCUT2D eigenvalue weighted by atomic mass is 9.99. The number of aromatic nitrogens is 1. The molecule has 0 fully saturated rings. The van der Waals surface area contributed by atoms with Crippen molar-refractivity contribution in [2.24, 2.45) is 0 Å². The summed E-state index contributed by atoms with van der Waals surface area (Å²) in [4.78, 5) is 0. The zero-order valence-corrected chi connectivity index (χ0v) is 24.2. The van der Waals surface area contributed by atoms with E-state index in [1.807, 2.05) is 6.07 Å². The normalized spacial score (nSPS) is 12.0. The first kappa shape index (κ1) is 24.4. The summed E-state index contributed by atoms with van der Waals surface area (Å²) in [6.45, 7) is 0. The van der Waals surface area contributed by atoms with Gasteiger partial charge in [0.15, 0.2) is 0 Å². The van der Waals surface area contributed by atoms with Crippen LogP contribution >= 0.6 is 0 Å². The Morgan fingerprint density at radius 1 is 0.356 bits per heavy atom. The van der Waals surface area contributed by atoms with Crippen molar-refractivity contribution in [2.75, 3.05) is 0 Å². The molecule has 0 saturated carbocycles. The van der Waals surface area contributed by atoms with Crippen molar-refractivity contribution in [1.82, 2.24) is 4.57 Å². The molecule has 3 heterocycles. The zero-order chi connectivity index (χ0) is 29.5. The number of rotatable bonds is 3. The zero-order valence-electron chi connectivity index (χ0n) is 24.2. The highest BCUT2D eigenvalue weighted by Crippen LogP contribution is 2.41. The van der Waals surface area contributed by atoms with Crippen molar-refractivity contribution in [3.63, 3.8) is 0 Å². The number of fused-ring (bicyclic) bond motifs is 10. The van der Waals surface area contributed by atoms with Gasteiger partial charge in [0.25, 0.3) is 0 Å². The average molecular weight is 576 g/mol. The van der Waals surface area contributed by atoms with Crippen LogP contribution in [0.2, 0.25) is 0 Å². The molecule has 3 nitrogen and oxygen atoms in total. The van der Waals surface area contributed by atoms with E-state index >= 15 is 0 Å². The van der Waals surface area contributed by atoms with Gasteiger partial charge in [-0.05, 0) is 76.9 Å². The van der Waals surface area contributed by atoms with Crippen LogP contribution in [0.3, 0.4) is 0 Å². The Balaban J connectivity index is 1.15. The van der Waals surface area contributed by atoms with Crippen LogP contribution < -0.4 is 0 Å². The molecule has 0 N–H and O–H groups in total. The Morgan fingerprint density at radius 3 is 1.69 bits per heavy atom. The molecule has 0 unspecified atom stereocenters. The van der Waals surface area contributed by atoms with Crippen molar-refractivity contribution in [3.8, 4) is 27.9 Å². The Bertz CT molecular complexity index is 2690. The maximum absolute atomic E-state index is 6.62. The van der Waals surface area contributed by atoms with Gasteiger partial charge in [-0.1, -0.05) is 97.1 Å². The molecule has 0 saturated heterocycles. The van der Waals surface area contributed by atoms with Crippen LogP contribution in [0.4, 0.5) is 0 Å². The second kappa shape index (κ2) is 9.22. The minimum atomic E-state index is 0.829. The molecule has 45 heavy (non-hydrogen) atoms. The average Bonchev–Trinajstić information content (AvgIpc) is 3.77. The fourth-order valence-electron chi connectivity index (χ4n) is 7.09. The van der Waals surface area contributed by atoms with E-state index in [-0.39, 0.29) is 0 Å². The van der Waals surface area contributed by atoms with E-state index in [1.54, 1.807) is 0 Å². The first-order valence-corrected chi connectivity index (χ1v) is 15.3. The van der Waals surface area contributed by atoms with E-state index in [1.165, 1.54) is 38.5 Å². The van der Waals surface area contributed by atoms with Crippen LogP contribution in [-0.2, 0) is 0 Å². The summed E-state index contributed by atoms with van der Waals surface area (Å²) in [5.41, 5.74) is 11.6. The smallest absolute Gasteiger partial charge is 0.147 e. The van der Waals surface area contributed by atoms with Gasteiger partial charge in [-0.25, -0.2) is 0 Å². The second-order valence-corrected chi connectivity index (χ2v) is 11.7. The molecular weight excluding hydrogens is 550 g/mol. The highest BCUT2D eigenvalue weighted by Gasteiger charge is 2.18. The van der Waals surface area contributed by atoms with Crippen LogP contribution in [0.5, 0.6) is 0 Å². The Morgan fingerprint density at radius 2 is 0.933 bits per heavy atom. The van der Waals surface area contributed by atoms with Crippen LogP contribution in [0, 0.1) is 0 Å². The molecule has 10 rings (SSSR count). The fraction of sp³-hybridized carbons (Fsp3) is 0. The standard InChI is InChI=1S/C42H25NO2/c1-2-8-26(9-3-1)27-14-16-28(17-15-27)29-18-21-39-35(24-29)41-40(44-39)23-20-33-34-25-30(19-22-38(34)45-42(33)41)43-36-12-6-4-10-31(36)32-11-5-7-13-37(32)43/h1-25H. The van der Waals surface area contributed by atoms with Crippen molar-refractivity contribution in [1.29, 1.82) is 0 Å². The van der Waals surface area contributed by atoms with Crippen LogP contribution in [0.1, 0.15) is 0 Å². The molecule has 0 aliphatic rings. The van der Waals surface area contributed by atoms with Crippen molar-refractivity contribution >= 4 is 65.7 Å². The Kier molecular flexibility index (Phi) is 5.00. The largest absolute Gasteiger partial charge is 0.456 e. The number of para-hydroxylation sites is 2. The summed E-state index contributed by atoms with van der Waals surface area (Å²) in [5, 5.41) is 6.75. The van der Waals surface area contributed by atoms with E-state index in [2.05, 4.69) is 150 Å². The molecule has 10 aromatic rings. The summed E-state index contributed by atoms with van der Waals surface area (Å²) in [6, 6.07) is 53.6. The monoisotopic (exact) mass is 575 g/mol. The number of benzene rings is 7. The third-order valence-corrected chi connectivity index (χ3v) is 9.22. The van der Waals surface area contributed by atoms with Gasteiger partial charge in [0.2, 0.25) is 0 Å². The second-order valence-electron chi connectivity index (χ2n) is 11.7. The number of hydrogen-bond acceptors (Lipinski definition) is 2. The predicted octanol–water partition coefficient (Wildman–Crippen LogP) is 11.9. The van der Waals surface area contributed by atoms with Crippen LogP contribution in [0.25, 0.3) is 93.6 Å². The molecule has 0 aliphatic carbocycles. The Hall–Kier alpha value is -6.06. The highest BCUT2D eigenvalue weighted by atomic mass is 16.3. The molecule has 0 atom stereocenters. The topological polar surface area (TPSA) is 31.2 Å². The van der Waals surface area contributed by atoms with E-state index < -0.39 is 0 Å². The van der Waals surface area contributed by atoms with Gasteiger partial charge >= 0.3 is 0 Å². The third kappa shape index (κ3) is 3.58. The number of hydrogen-bond donors (Lipinski definition) is 0. The maximum atomic E-state index is 6.62.